The molecule has 3 aromatic heterocycles. The number of rotatable bonds is 7. The average Bonchev–Trinajstić information content (AvgIpc) is 2.98. The first-order chi connectivity index (χ1) is 20.2. The summed E-state index contributed by atoms with van der Waals surface area (Å²) < 4.78 is 39.2. The predicted octanol–water partition coefficient (Wildman–Crippen LogP) is 6.13. The number of hydrogen-bond acceptors (Lipinski definition) is 7. The number of benzene rings is 1. The summed E-state index contributed by atoms with van der Waals surface area (Å²) in [5.41, 5.74) is 2.92. The molecular weight excluding hydrogens is 543 g/mol. The van der Waals surface area contributed by atoms with Gasteiger partial charge in [-0.2, -0.15) is 18.4 Å². The maximum Gasteiger partial charge on any atom is 0.416 e. The Hall–Kier alpha value is -4.98. The number of amides is 1. The van der Waals surface area contributed by atoms with Gasteiger partial charge in [0.2, 0.25) is 5.91 Å². The maximum atomic E-state index is 13.1. The summed E-state index contributed by atoms with van der Waals surface area (Å²) in [7, 11) is 0. The highest BCUT2D eigenvalue weighted by molar-refractivity contribution is 5.79. The predicted molar refractivity (Wildman–Crippen MR) is 153 cm³/mol. The van der Waals surface area contributed by atoms with Crippen LogP contribution >= 0.6 is 0 Å². The summed E-state index contributed by atoms with van der Waals surface area (Å²) in [5, 5.41) is 15.2. The van der Waals surface area contributed by atoms with E-state index in [9.17, 15) is 18.0 Å². The van der Waals surface area contributed by atoms with Gasteiger partial charge in [-0.3, -0.25) is 4.79 Å². The molecule has 0 radical (unpaired) electrons. The van der Waals surface area contributed by atoms with Crippen LogP contribution < -0.4 is 10.6 Å². The molecule has 1 fully saturated rings. The SMILES string of the molecule is Cc1cc(Nc2cc(C(F)(F)F)ccn2)nc(-c2ccc(NC3CCN(C(=O)Cc4ccc(C#N)cc4)CC3)nc2)c1. The van der Waals surface area contributed by atoms with Crippen molar-refractivity contribution < 1.29 is 18.0 Å². The zero-order valence-electron chi connectivity index (χ0n) is 22.8. The Morgan fingerprint density at radius 2 is 1.76 bits per heavy atom. The van der Waals surface area contributed by atoms with E-state index >= 15 is 0 Å². The number of carbonyl (C=O) groups is 1. The van der Waals surface area contributed by atoms with Crippen molar-refractivity contribution in [1.82, 2.24) is 19.9 Å². The molecule has 2 N–H and O–H groups in total. The summed E-state index contributed by atoms with van der Waals surface area (Å²) >= 11 is 0. The molecule has 1 aromatic carbocycles. The van der Waals surface area contributed by atoms with Crippen molar-refractivity contribution in [2.75, 3.05) is 23.7 Å². The van der Waals surface area contributed by atoms with Gasteiger partial charge in [-0.25, -0.2) is 15.0 Å². The fourth-order valence-corrected chi connectivity index (χ4v) is 4.78. The Labute approximate surface area is 241 Å². The van der Waals surface area contributed by atoms with Crippen LogP contribution in [0.15, 0.2) is 73.1 Å². The van der Waals surface area contributed by atoms with E-state index in [-0.39, 0.29) is 17.8 Å². The Morgan fingerprint density at radius 3 is 2.43 bits per heavy atom. The largest absolute Gasteiger partial charge is 0.416 e. The Kier molecular flexibility index (Phi) is 8.33. The van der Waals surface area contributed by atoms with Gasteiger partial charge in [-0.1, -0.05) is 12.1 Å². The van der Waals surface area contributed by atoms with Gasteiger partial charge in [-0.05, 0) is 79.4 Å². The van der Waals surface area contributed by atoms with Crippen LogP contribution in [0.25, 0.3) is 11.3 Å². The van der Waals surface area contributed by atoms with Gasteiger partial charge in [0.05, 0.1) is 29.3 Å². The molecule has 214 valence electrons. The molecule has 4 aromatic rings. The van der Waals surface area contributed by atoms with Crippen molar-refractivity contribution in [2.45, 2.75) is 38.4 Å². The lowest BCUT2D eigenvalue weighted by Crippen LogP contribution is -2.43. The number of pyridine rings is 3. The summed E-state index contributed by atoms with van der Waals surface area (Å²) in [6, 6.07) is 18.6. The molecule has 42 heavy (non-hydrogen) atoms. The van der Waals surface area contributed by atoms with Crippen molar-refractivity contribution in [3.63, 3.8) is 0 Å². The van der Waals surface area contributed by atoms with Crippen LogP contribution in [0.4, 0.5) is 30.6 Å². The van der Waals surface area contributed by atoms with Crippen LogP contribution in [0.1, 0.15) is 35.1 Å². The van der Waals surface area contributed by atoms with Gasteiger partial charge >= 0.3 is 6.18 Å². The van der Waals surface area contributed by atoms with Crippen LogP contribution in [0.5, 0.6) is 0 Å². The molecule has 11 heteroatoms. The highest BCUT2D eigenvalue weighted by Gasteiger charge is 2.30. The highest BCUT2D eigenvalue weighted by atomic mass is 19.4. The summed E-state index contributed by atoms with van der Waals surface area (Å²) in [5.74, 6) is 1.21. The Morgan fingerprint density at radius 1 is 1.00 bits per heavy atom. The molecule has 1 amide bonds. The van der Waals surface area contributed by atoms with Gasteiger partial charge in [0, 0.05) is 37.1 Å². The van der Waals surface area contributed by atoms with Gasteiger partial charge in [0.15, 0.2) is 0 Å². The fourth-order valence-electron chi connectivity index (χ4n) is 4.78. The minimum atomic E-state index is -4.46. The highest BCUT2D eigenvalue weighted by Crippen LogP contribution is 2.31. The molecule has 0 atom stereocenters. The molecule has 0 saturated carbocycles. The maximum absolute atomic E-state index is 13.1. The molecule has 0 spiro atoms. The number of nitriles is 1. The molecule has 1 saturated heterocycles. The normalized spacial score (nSPS) is 13.8. The van der Waals surface area contributed by atoms with E-state index < -0.39 is 11.7 Å². The number of alkyl halides is 3. The lowest BCUT2D eigenvalue weighted by molar-refractivity contribution is -0.137. The second-order valence-electron chi connectivity index (χ2n) is 10.2. The number of aromatic nitrogens is 3. The molecule has 4 heterocycles. The van der Waals surface area contributed by atoms with Crippen LogP contribution in [0, 0.1) is 18.3 Å². The minimum Gasteiger partial charge on any atom is -0.367 e. The van der Waals surface area contributed by atoms with Crippen molar-refractivity contribution in [2.24, 2.45) is 0 Å². The number of likely N-dealkylation sites (tertiary alicyclic amines) is 1. The summed E-state index contributed by atoms with van der Waals surface area (Å²) in [6.07, 6.45) is 0.242. The average molecular weight is 572 g/mol. The van der Waals surface area contributed by atoms with Crippen LogP contribution in [-0.4, -0.2) is 44.9 Å². The number of nitrogens with one attached hydrogen (secondary N) is 2. The number of piperidine rings is 1. The monoisotopic (exact) mass is 571 g/mol. The molecule has 1 aliphatic rings. The van der Waals surface area contributed by atoms with Gasteiger partial charge < -0.3 is 15.5 Å². The smallest absolute Gasteiger partial charge is 0.367 e. The molecule has 0 bridgehead atoms. The molecule has 5 rings (SSSR count). The number of carbonyl (C=O) groups excluding carboxylic acids is 1. The van der Waals surface area contributed by atoms with Crippen LogP contribution in [-0.2, 0) is 17.4 Å². The third-order valence-corrected chi connectivity index (χ3v) is 7.01. The number of aryl methyl sites for hydroxylation is 1. The Bertz CT molecular complexity index is 1590. The molecule has 0 aliphatic carbocycles. The zero-order valence-corrected chi connectivity index (χ0v) is 22.8. The first-order valence-electron chi connectivity index (χ1n) is 13.4. The van der Waals surface area contributed by atoms with Gasteiger partial charge in [0.25, 0.3) is 0 Å². The zero-order chi connectivity index (χ0) is 29.7. The quantitative estimate of drug-likeness (QED) is 0.275. The van der Waals surface area contributed by atoms with E-state index in [1.165, 1.54) is 0 Å². The standard InChI is InChI=1S/C31H28F3N7O/c1-20-14-26(39-29(15-20)40-28-17-24(8-11-36-28)31(32,33)34)23-6-7-27(37-19-23)38-25-9-12-41(13-10-25)30(42)16-21-2-4-22(18-35)5-3-21/h2-8,11,14-15,17,19,25H,9-10,12-13,16H2,1H3,(H,37,38)(H,36,39,40). The van der Waals surface area contributed by atoms with Crippen molar-refractivity contribution >= 4 is 23.4 Å². The Balaban J connectivity index is 1.17. The second kappa shape index (κ2) is 12.3. The van der Waals surface area contributed by atoms with Crippen molar-refractivity contribution in [1.29, 1.82) is 5.26 Å². The number of halogens is 3. The number of nitrogens with zero attached hydrogens (tertiary/aromatic N) is 5. The third-order valence-electron chi connectivity index (χ3n) is 7.01. The van der Waals surface area contributed by atoms with E-state index in [1.54, 1.807) is 24.4 Å². The fraction of sp³-hybridized carbons (Fsp3) is 0.258. The molecular formula is C31H28F3N7O. The lowest BCUT2D eigenvalue weighted by Gasteiger charge is -2.32. The van der Waals surface area contributed by atoms with E-state index in [0.29, 0.717) is 42.4 Å². The van der Waals surface area contributed by atoms with Crippen molar-refractivity contribution in [3.05, 3.63) is 95.3 Å². The van der Waals surface area contributed by atoms with Gasteiger partial charge in [0.1, 0.15) is 17.5 Å². The topological polar surface area (TPSA) is 107 Å². The minimum absolute atomic E-state index is 0.0496. The van der Waals surface area contributed by atoms with Crippen LogP contribution in [0.2, 0.25) is 0 Å². The van der Waals surface area contributed by atoms with E-state index in [1.807, 2.05) is 42.2 Å². The first kappa shape index (κ1) is 28.5. The second-order valence-corrected chi connectivity index (χ2v) is 10.2. The van der Waals surface area contributed by atoms with Crippen molar-refractivity contribution in [3.8, 4) is 17.3 Å². The molecule has 1 aliphatic heterocycles. The van der Waals surface area contributed by atoms with E-state index in [2.05, 4.69) is 31.7 Å². The number of anilines is 3. The number of hydrogen-bond donors (Lipinski definition) is 2. The first-order valence-corrected chi connectivity index (χ1v) is 13.4. The molecule has 0 unspecified atom stereocenters. The molecule has 8 nitrogen and oxygen atoms in total. The third kappa shape index (κ3) is 7.20. The lowest BCUT2D eigenvalue weighted by atomic mass is 10.0. The van der Waals surface area contributed by atoms with Crippen LogP contribution in [0.3, 0.4) is 0 Å². The van der Waals surface area contributed by atoms with E-state index in [4.69, 9.17) is 5.26 Å². The van der Waals surface area contributed by atoms with E-state index in [0.717, 1.165) is 47.9 Å². The summed E-state index contributed by atoms with van der Waals surface area (Å²) in [6.45, 7) is 3.17. The van der Waals surface area contributed by atoms with Gasteiger partial charge in [-0.15, -0.1) is 0 Å². The summed E-state index contributed by atoms with van der Waals surface area (Å²) in [4.78, 5) is 27.7.